The largest absolute Gasteiger partial charge is 0.482 e. The first kappa shape index (κ1) is 19.0. The predicted molar refractivity (Wildman–Crippen MR) is 118 cm³/mol. The minimum absolute atomic E-state index is 0.0123. The van der Waals surface area contributed by atoms with Crippen molar-refractivity contribution in [2.45, 2.75) is 13.1 Å². The molecule has 0 atom stereocenters. The van der Waals surface area contributed by atoms with E-state index < -0.39 is 0 Å². The predicted octanol–water partition coefficient (Wildman–Crippen LogP) is 2.93. The van der Waals surface area contributed by atoms with Crippen LogP contribution < -0.4 is 14.5 Å². The summed E-state index contributed by atoms with van der Waals surface area (Å²) in [6.07, 6.45) is 3.84. The SMILES string of the molecule is CN(Cc1cnn(C)c1)c1nc(CN2C(=O)COc3ccccc32)nc2ccccc12. The summed E-state index contributed by atoms with van der Waals surface area (Å²) in [6, 6.07) is 15.5. The number of carbonyl (C=O) groups is 1. The molecule has 8 nitrogen and oxygen atoms in total. The molecule has 1 amide bonds. The number of hydrogen-bond donors (Lipinski definition) is 0. The first-order chi connectivity index (χ1) is 15.1. The van der Waals surface area contributed by atoms with Crippen molar-refractivity contribution in [3.63, 3.8) is 0 Å². The fraction of sp³-hybridized carbons (Fsp3) is 0.217. The van der Waals surface area contributed by atoms with Gasteiger partial charge in [-0.05, 0) is 24.3 Å². The number of nitrogens with zero attached hydrogens (tertiary/aromatic N) is 6. The Balaban J connectivity index is 1.52. The molecule has 0 saturated heterocycles. The fourth-order valence-corrected chi connectivity index (χ4v) is 3.84. The molecule has 31 heavy (non-hydrogen) atoms. The smallest absolute Gasteiger partial charge is 0.265 e. The van der Waals surface area contributed by atoms with E-state index in [1.54, 1.807) is 9.58 Å². The van der Waals surface area contributed by atoms with Crippen LogP contribution in [0.15, 0.2) is 60.9 Å². The topological polar surface area (TPSA) is 76.4 Å². The van der Waals surface area contributed by atoms with Crippen LogP contribution in [0.2, 0.25) is 0 Å². The number of aryl methyl sites for hydroxylation is 1. The quantitative estimate of drug-likeness (QED) is 0.500. The summed E-state index contributed by atoms with van der Waals surface area (Å²) in [4.78, 5) is 26.0. The van der Waals surface area contributed by atoms with Crippen molar-refractivity contribution >= 4 is 28.3 Å². The molecule has 0 unspecified atom stereocenters. The summed E-state index contributed by atoms with van der Waals surface area (Å²) in [7, 11) is 3.90. The van der Waals surface area contributed by atoms with E-state index in [9.17, 15) is 4.79 Å². The van der Waals surface area contributed by atoms with Crippen molar-refractivity contribution in [2.75, 3.05) is 23.5 Å². The molecule has 5 rings (SSSR count). The molecule has 2 aromatic heterocycles. The van der Waals surface area contributed by atoms with E-state index in [-0.39, 0.29) is 19.1 Å². The first-order valence-electron chi connectivity index (χ1n) is 10.0. The Morgan fingerprint density at radius 1 is 1.10 bits per heavy atom. The molecule has 0 N–H and O–H groups in total. The van der Waals surface area contributed by atoms with Crippen molar-refractivity contribution in [1.82, 2.24) is 19.7 Å². The molecule has 0 radical (unpaired) electrons. The van der Waals surface area contributed by atoms with E-state index in [0.717, 1.165) is 28.0 Å². The lowest BCUT2D eigenvalue weighted by molar-refractivity contribution is -0.121. The fourth-order valence-electron chi connectivity index (χ4n) is 3.84. The average molecular weight is 414 g/mol. The monoisotopic (exact) mass is 414 g/mol. The molecule has 0 spiro atoms. The van der Waals surface area contributed by atoms with Crippen molar-refractivity contribution < 1.29 is 9.53 Å². The summed E-state index contributed by atoms with van der Waals surface area (Å²) >= 11 is 0. The summed E-state index contributed by atoms with van der Waals surface area (Å²) in [5, 5.41) is 5.22. The maximum absolute atomic E-state index is 12.6. The Morgan fingerprint density at radius 2 is 1.90 bits per heavy atom. The second-order valence-electron chi connectivity index (χ2n) is 7.60. The van der Waals surface area contributed by atoms with Crippen LogP contribution in [0.25, 0.3) is 10.9 Å². The Labute approximate surface area is 179 Å². The van der Waals surface area contributed by atoms with Crippen LogP contribution in [-0.4, -0.2) is 39.3 Å². The first-order valence-corrected chi connectivity index (χ1v) is 10.0. The molecule has 0 aliphatic carbocycles. The number of para-hydroxylation sites is 3. The lowest BCUT2D eigenvalue weighted by atomic mass is 10.2. The zero-order chi connectivity index (χ0) is 21.4. The van der Waals surface area contributed by atoms with Crippen molar-refractivity contribution in [2.24, 2.45) is 7.05 Å². The summed E-state index contributed by atoms with van der Waals surface area (Å²) < 4.78 is 7.34. The van der Waals surface area contributed by atoms with Crippen LogP contribution in [0.5, 0.6) is 5.75 Å². The van der Waals surface area contributed by atoms with E-state index in [1.165, 1.54) is 0 Å². The number of anilines is 2. The van der Waals surface area contributed by atoms with Gasteiger partial charge in [0.1, 0.15) is 11.6 Å². The Hall–Kier alpha value is -3.94. The van der Waals surface area contributed by atoms with E-state index in [2.05, 4.69) is 10.00 Å². The Kier molecular flexibility index (Phi) is 4.74. The minimum atomic E-state index is -0.110. The lowest BCUT2D eigenvalue weighted by Gasteiger charge is -2.29. The molecule has 0 saturated carbocycles. The molecular weight excluding hydrogens is 392 g/mol. The van der Waals surface area contributed by atoms with Crippen molar-refractivity contribution in [3.8, 4) is 5.75 Å². The number of amides is 1. The molecule has 0 bridgehead atoms. The van der Waals surface area contributed by atoms with Gasteiger partial charge < -0.3 is 9.64 Å². The van der Waals surface area contributed by atoms with Gasteiger partial charge in [0, 0.05) is 37.8 Å². The highest BCUT2D eigenvalue weighted by molar-refractivity contribution is 5.97. The third kappa shape index (κ3) is 3.68. The number of hydrogen-bond acceptors (Lipinski definition) is 6. The van der Waals surface area contributed by atoms with Crippen LogP contribution in [0.3, 0.4) is 0 Å². The van der Waals surface area contributed by atoms with Crippen LogP contribution in [0.4, 0.5) is 11.5 Å². The maximum atomic E-state index is 12.6. The number of carbonyl (C=O) groups excluding carboxylic acids is 1. The zero-order valence-electron chi connectivity index (χ0n) is 17.4. The van der Waals surface area contributed by atoms with Gasteiger partial charge in [0.05, 0.1) is 23.9 Å². The number of fused-ring (bicyclic) bond motifs is 2. The molecule has 3 heterocycles. The van der Waals surface area contributed by atoms with Gasteiger partial charge in [0.15, 0.2) is 12.4 Å². The molecule has 0 fully saturated rings. The second kappa shape index (κ2) is 7.71. The van der Waals surface area contributed by atoms with Crippen LogP contribution in [-0.2, 0) is 24.9 Å². The van der Waals surface area contributed by atoms with E-state index in [0.29, 0.717) is 18.1 Å². The van der Waals surface area contributed by atoms with Crippen LogP contribution in [0.1, 0.15) is 11.4 Å². The molecule has 8 heteroatoms. The zero-order valence-corrected chi connectivity index (χ0v) is 17.4. The lowest BCUT2D eigenvalue weighted by Crippen LogP contribution is -2.38. The number of aromatic nitrogens is 4. The number of rotatable bonds is 5. The van der Waals surface area contributed by atoms with E-state index in [1.807, 2.05) is 75.0 Å². The van der Waals surface area contributed by atoms with Gasteiger partial charge in [-0.15, -0.1) is 0 Å². The Morgan fingerprint density at radius 3 is 2.74 bits per heavy atom. The van der Waals surface area contributed by atoms with Gasteiger partial charge in [-0.3, -0.25) is 14.4 Å². The van der Waals surface area contributed by atoms with Crippen LogP contribution in [0, 0.1) is 0 Å². The Bertz CT molecular complexity index is 1270. The van der Waals surface area contributed by atoms with Gasteiger partial charge in [-0.1, -0.05) is 24.3 Å². The number of ether oxygens (including phenoxy) is 1. The standard InChI is InChI=1S/C23H22N6O2/c1-27(12-16-11-24-28(2)13-16)23-17-7-3-4-8-18(17)25-21(26-23)14-29-19-9-5-6-10-20(19)31-15-22(29)30/h3-11,13H,12,14-15H2,1-2H3. The van der Waals surface area contributed by atoms with E-state index in [4.69, 9.17) is 14.7 Å². The molecular formula is C23H22N6O2. The highest BCUT2D eigenvalue weighted by Gasteiger charge is 2.26. The molecule has 1 aliphatic rings. The molecule has 156 valence electrons. The highest BCUT2D eigenvalue weighted by atomic mass is 16.5. The van der Waals surface area contributed by atoms with Gasteiger partial charge in [-0.2, -0.15) is 5.10 Å². The minimum Gasteiger partial charge on any atom is -0.482 e. The average Bonchev–Trinajstić information content (AvgIpc) is 3.19. The third-order valence-electron chi connectivity index (χ3n) is 5.28. The van der Waals surface area contributed by atoms with Gasteiger partial charge in [0.2, 0.25) is 0 Å². The maximum Gasteiger partial charge on any atom is 0.265 e. The highest BCUT2D eigenvalue weighted by Crippen LogP contribution is 2.33. The normalized spacial score (nSPS) is 13.2. The summed E-state index contributed by atoms with van der Waals surface area (Å²) in [5.74, 6) is 1.98. The molecule has 1 aliphatic heterocycles. The second-order valence-corrected chi connectivity index (χ2v) is 7.60. The van der Waals surface area contributed by atoms with Gasteiger partial charge in [-0.25, -0.2) is 9.97 Å². The third-order valence-corrected chi connectivity index (χ3v) is 5.28. The van der Waals surface area contributed by atoms with Crippen molar-refractivity contribution in [3.05, 3.63) is 72.3 Å². The van der Waals surface area contributed by atoms with E-state index >= 15 is 0 Å². The summed E-state index contributed by atoms with van der Waals surface area (Å²) in [6.45, 7) is 0.948. The summed E-state index contributed by atoms with van der Waals surface area (Å²) in [5.41, 5.74) is 2.67. The molecule has 2 aromatic carbocycles. The van der Waals surface area contributed by atoms with Gasteiger partial charge >= 0.3 is 0 Å². The van der Waals surface area contributed by atoms with Crippen molar-refractivity contribution in [1.29, 1.82) is 0 Å². The van der Waals surface area contributed by atoms with Crippen LogP contribution >= 0.6 is 0 Å². The molecule has 4 aromatic rings. The van der Waals surface area contributed by atoms with Gasteiger partial charge in [0.25, 0.3) is 5.91 Å². The number of benzene rings is 2.